The molecule has 0 atom stereocenters. The third-order valence-corrected chi connectivity index (χ3v) is 1.81. The van der Waals surface area contributed by atoms with E-state index in [1.54, 1.807) is 0 Å². The lowest BCUT2D eigenvalue weighted by atomic mass is 10.2. The Kier molecular flexibility index (Phi) is 3.70. The quantitative estimate of drug-likeness (QED) is 0.578. The zero-order valence-corrected chi connectivity index (χ0v) is 8.74. The van der Waals surface area contributed by atoms with E-state index in [-0.39, 0.29) is 11.5 Å². The van der Waals surface area contributed by atoms with E-state index in [2.05, 4.69) is 0 Å². The van der Waals surface area contributed by atoms with Crippen molar-refractivity contribution in [3.63, 3.8) is 0 Å². The van der Waals surface area contributed by atoms with Crippen molar-refractivity contribution in [1.82, 2.24) is 0 Å². The average molecular weight is 243 g/mol. The topological polar surface area (TPSA) is 119 Å². The monoisotopic (exact) mass is 243 g/mol. The van der Waals surface area contributed by atoms with Crippen LogP contribution in [0, 0.1) is 10.1 Å². The first-order valence-corrected chi connectivity index (χ1v) is 4.35. The summed E-state index contributed by atoms with van der Waals surface area (Å²) in [4.78, 5) is 20.0. The second-order valence-corrected chi connectivity index (χ2v) is 2.93. The number of aliphatic carboxylic acids is 1. The number of nitrogens with zero attached hydrogens (tertiary/aromatic N) is 1. The molecule has 92 valence electrons. The van der Waals surface area contributed by atoms with Gasteiger partial charge >= 0.3 is 11.7 Å². The van der Waals surface area contributed by atoms with Gasteiger partial charge in [0.05, 0.1) is 18.1 Å². The van der Waals surface area contributed by atoms with Crippen LogP contribution in [-0.2, 0) is 4.79 Å². The highest BCUT2D eigenvalue weighted by Crippen LogP contribution is 2.39. The fourth-order valence-corrected chi connectivity index (χ4v) is 1.09. The van der Waals surface area contributed by atoms with Gasteiger partial charge in [0.25, 0.3) is 0 Å². The van der Waals surface area contributed by atoms with Crippen molar-refractivity contribution in [2.75, 3.05) is 13.7 Å². The summed E-state index contributed by atoms with van der Waals surface area (Å²) in [5.74, 6) is -2.10. The van der Waals surface area contributed by atoms with Crippen molar-refractivity contribution in [2.45, 2.75) is 0 Å². The second kappa shape index (κ2) is 5.01. The maximum atomic E-state index is 10.6. The Balaban J connectivity index is 3.11. The van der Waals surface area contributed by atoms with Crippen molar-refractivity contribution < 1.29 is 29.4 Å². The van der Waals surface area contributed by atoms with Crippen LogP contribution in [0.3, 0.4) is 0 Å². The molecule has 8 nitrogen and oxygen atoms in total. The molecule has 2 N–H and O–H groups in total. The highest BCUT2D eigenvalue weighted by molar-refractivity contribution is 5.68. The van der Waals surface area contributed by atoms with Gasteiger partial charge in [-0.05, 0) is 0 Å². The van der Waals surface area contributed by atoms with Crippen LogP contribution in [0.2, 0.25) is 0 Å². The predicted octanol–water partition coefficient (Wildman–Crippen LogP) is 0.772. The zero-order chi connectivity index (χ0) is 13.0. The Hall–Kier alpha value is -2.51. The number of ether oxygens (including phenoxy) is 2. The largest absolute Gasteiger partial charge is 0.500 e. The number of carboxylic acid groups (broad SMARTS) is 1. The lowest BCUT2D eigenvalue weighted by Gasteiger charge is -2.07. The number of aromatic hydroxyl groups is 1. The molecule has 1 rings (SSSR count). The molecule has 0 aliphatic rings. The fraction of sp³-hybridized carbons (Fsp3) is 0.222. The molecule has 0 spiro atoms. The number of methoxy groups -OCH3 is 1. The van der Waals surface area contributed by atoms with Crippen LogP contribution >= 0.6 is 0 Å². The van der Waals surface area contributed by atoms with Gasteiger partial charge in [0.15, 0.2) is 12.4 Å². The molecule has 0 saturated heterocycles. The van der Waals surface area contributed by atoms with Crippen LogP contribution in [0.5, 0.6) is 17.2 Å². The Morgan fingerprint density at radius 3 is 2.65 bits per heavy atom. The summed E-state index contributed by atoms with van der Waals surface area (Å²) in [6, 6.07) is 2.08. The molecule has 0 aliphatic carbocycles. The standard InChI is InChI=1S/C9H9NO7/c1-16-7-3-5(17-4-8(11)12)2-6(9(7)13)10(14)15/h2-3,13H,4H2,1H3,(H,11,12). The highest BCUT2D eigenvalue weighted by atomic mass is 16.6. The number of carboxylic acids is 1. The number of rotatable bonds is 5. The molecule has 0 aliphatic heterocycles. The van der Waals surface area contributed by atoms with Gasteiger partial charge < -0.3 is 19.7 Å². The zero-order valence-electron chi connectivity index (χ0n) is 8.74. The van der Waals surface area contributed by atoms with E-state index in [0.717, 1.165) is 12.1 Å². The van der Waals surface area contributed by atoms with Gasteiger partial charge in [0.1, 0.15) is 5.75 Å². The lowest BCUT2D eigenvalue weighted by Crippen LogP contribution is -2.09. The minimum atomic E-state index is -1.22. The summed E-state index contributed by atoms with van der Waals surface area (Å²) in [6.07, 6.45) is 0. The predicted molar refractivity (Wildman–Crippen MR) is 54.4 cm³/mol. The minimum Gasteiger partial charge on any atom is -0.500 e. The van der Waals surface area contributed by atoms with Crippen LogP contribution < -0.4 is 9.47 Å². The molecule has 0 fully saturated rings. The first-order chi connectivity index (χ1) is 7.95. The van der Waals surface area contributed by atoms with E-state index >= 15 is 0 Å². The van der Waals surface area contributed by atoms with Gasteiger partial charge in [-0.1, -0.05) is 0 Å². The molecule has 0 amide bonds. The molecule has 0 bridgehead atoms. The third kappa shape index (κ3) is 2.97. The number of phenolic OH excluding ortho intramolecular Hbond substituents is 1. The highest BCUT2D eigenvalue weighted by Gasteiger charge is 2.20. The van der Waals surface area contributed by atoms with Gasteiger partial charge in [0, 0.05) is 6.07 Å². The Bertz CT molecular complexity index is 457. The molecule has 0 heterocycles. The first-order valence-electron chi connectivity index (χ1n) is 4.35. The van der Waals surface area contributed by atoms with Crippen LogP contribution in [-0.4, -0.2) is 34.8 Å². The van der Waals surface area contributed by atoms with Crippen molar-refractivity contribution >= 4 is 11.7 Å². The summed E-state index contributed by atoms with van der Waals surface area (Å²) in [5.41, 5.74) is -0.621. The first kappa shape index (κ1) is 12.6. The minimum absolute atomic E-state index is 0.0752. The van der Waals surface area contributed by atoms with Crippen LogP contribution in [0.1, 0.15) is 0 Å². The third-order valence-electron chi connectivity index (χ3n) is 1.81. The fourth-order valence-electron chi connectivity index (χ4n) is 1.09. The molecule has 8 heteroatoms. The molecule has 0 aromatic heterocycles. The van der Waals surface area contributed by atoms with E-state index in [0.29, 0.717) is 0 Å². The summed E-state index contributed by atoms with van der Waals surface area (Å²) < 4.78 is 9.46. The number of carbonyl (C=O) groups is 1. The Morgan fingerprint density at radius 2 is 2.18 bits per heavy atom. The van der Waals surface area contributed by atoms with Crippen LogP contribution in [0.25, 0.3) is 0 Å². The number of nitro benzene ring substituents is 1. The van der Waals surface area contributed by atoms with Crippen LogP contribution in [0.4, 0.5) is 5.69 Å². The van der Waals surface area contributed by atoms with E-state index in [9.17, 15) is 20.0 Å². The Labute approximate surface area is 95.2 Å². The molecule has 0 saturated carbocycles. The van der Waals surface area contributed by atoms with Gasteiger partial charge in [0.2, 0.25) is 5.75 Å². The summed E-state index contributed by atoms with van der Waals surface area (Å²) in [6.45, 7) is -0.648. The number of hydrogen-bond donors (Lipinski definition) is 2. The molecule has 1 aromatic rings. The van der Waals surface area contributed by atoms with Gasteiger partial charge in [-0.3, -0.25) is 10.1 Å². The van der Waals surface area contributed by atoms with E-state index < -0.39 is 28.9 Å². The molecular formula is C9H9NO7. The number of phenols is 1. The number of hydrogen-bond acceptors (Lipinski definition) is 6. The molecule has 0 unspecified atom stereocenters. The van der Waals surface area contributed by atoms with E-state index in [4.69, 9.17) is 14.6 Å². The van der Waals surface area contributed by atoms with Gasteiger partial charge in [-0.2, -0.15) is 0 Å². The summed E-state index contributed by atoms with van der Waals surface area (Å²) in [5, 5.41) is 28.4. The van der Waals surface area contributed by atoms with Gasteiger partial charge in [-0.25, -0.2) is 4.79 Å². The SMILES string of the molecule is COc1cc(OCC(=O)O)cc([N+](=O)[O-])c1O. The maximum Gasteiger partial charge on any atom is 0.341 e. The second-order valence-electron chi connectivity index (χ2n) is 2.93. The van der Waals surface area contributed by atoms with Crippen LogP contribution in [0.15, 0.2) is 12.1 Å². The lowest BCUT2D eigenvalue weighted by molar-refractivity contribution is -0.386. The molecular weight excluding hydrogens is 234 g/mol. The number of benzene rings is 1. The normalized spacial score (nSPS) is 9.71. The van der Waals surface area contributed by atoms with Crippen molar-refractivity contribution in [3.8, 4) is 17.2 Å². The summed E-state index contributed by atoms with van der Waals surface area (Å²) >= 11 is 0. The maximum absolute atomic E-state index is 10.6. The van der Waals surface area contributed by atoms with Crippen molar-refractivity contribution in [3.05, 3.63) is 22.2 Å². The Morgan fingerprint density at radius 1 is 1.53 bits per heavy atom. The average Bonchev–Trinajstić information content (AvgIpc) is 2.27. The smallest absolute Gasteiger partial charge is 0.341 e. The number of nitro groups is 1. The van der Waals surface area contributed by atoms with E-state index in [1.807, 2.05) is 0 Å². The van der Waals surface area contributed by atoms with E-state index in [1.165, 1.54) is 7.11 Å². The molecule has 0 radical (unpaired) electrons. The van der Waals surface area contributed by atoms with Crippen molar-refractivity contribution in [1.29, 1.82) is 0 Å². The molecule has 17 heavy (non-hydrogen) atoms. The summed E-state index contributed by atoms with van der Waals surface area (Å²) in [7, 11) is 1.21. The van der Waals surface area contributed by atoms with Crippen molar-refractivity contribution in [2.24, 2.45) is 0 Å². The van der Waals surface area contributed by atoms with Gasteiger partial charge in [-0.15, -0.1) is 0 Å². The molecule has 1 aromatic carbocycles.